The summed E-state index contributed by atoms with van der Waals surface area (Å²) in [5.41, 5.74) is 2.48. The van der Waals surface area contributed by atoms with Crippen molar-refractivity contribution in [3.05, 3.63) is 86.8 Å². The molecule has 0 aromatic heterocycles. The fourth-order valence-corrected chi connectivity index (χ4v) is 3.61. The van der Waals surface area contributed by atoms with E-state index in [4.69, 9.17) is 4.74 Å². The van der Waals surface area contributed by atoms with Crippen molar-refractivity contribution in [3.63, 3.8) is 0 Å². The maximum atomic E-state index is 13.1. The highest BCUT2D eigenvalue weighted by Crippen LogP contribution is 2.44. The third-order valence-electron chi connectivity index (χ3n) is 4.13. The molecular formula is C20H13Br2NO2. The first kappa shape index (κ1) is 16.4. The van der Waals surface area contributed by atoms with Crippen molar-refractivity contribution in [2.24, 2.45) is 0 Å². The van der Waals surface area contributed by atoms with Gasteiger partial charge in [0.2, 0.25) is 5.91 Å². The standard InChI is InChI=1S/C20H13Br2NO2/c21-15-10-9-12(11-16(15)22)23-20(24)19-13-5-1-3-7-17(13)25-18-8-4-2-6-14(18)19/h1-11,19H,(H,23,24). The number of hydrogen-bond acceptors (Lipinski definition) is 2. The van der Waals surface area contributed by atoms with Crippen LogP contribution in [-0.4, -0.2) is 5.91 Å². The molecule has 0 atom stereocenters. The van der Waals surface area contributed by atoms with Crippen LogP contribution in [0.25, 0.3) is 0 Å². The molecule has 0 fully saturated rings. The van der Waals surface area contributed by atoms with E-state index in [1.807, 2.05) is 66.7 Å². The monoisotopic (exact) mass is 457 g/mol. The number of carbonyl (C=O) groups is 1. The number of fused-ring (bicyclic) bond motifs is 2. The molecule has 0 radical (unpaired) electrons. The molecule has 1 aliphatic heterocycles. The van der Waals surface area contributed by atoms with Gasteiger partial charge in [-0.2, -0.15) is 0 Å². The van der Waals surface area contributed by atoms with E-state index >= 15 is 0 Å². The largest absolute Gasteiger partial charge is 0.457 e. The van der Waals surface area contributed by atoms with Gasteiger partial charge in [0.05, 0.1) is 5.92 Å². The average molecular weight is 459 g/mol. The van der Waals surface area contributed by atoms with Crippen molar-refractivity contribution < 1.29 is 9.53 Å². The van der Waals surface area contributed by atoms with Crippen LogP contribution in [0.4, 0.5) is 5.69 Å². The van der Waals surface area contributed by atoms with Crippen molar-refractivity contribution in [1.29, 1.82) is 0 Å². The lowest BCUT2D eigenvalue weighted by Gasteiger charge is -2.27. The number of rotatable bonds is 2. The van der Waals surface area contributed by atoms with Crippen LogP contribution < -0.4 is 10.1 Å². The molecular weight excluding hydrogens is 446 g/mol. The molecule has 124 valence electrons. The molecule has 0 spiro atoms. The summed E-state index contributed by atoms with van der Waals surface area (Å²) in [6.07, 6.45) is 0. The Balaban J connectivity index is 1.73. The van der Waals surface area contributed by atoms with E-state index in [1.165, 1.54) is 0 Å². The van der Waals surface area contributed by atoms with Gasteiger partial charge in [0, 0.05) is 25.8 Å². The Labute approximate surface area is 162 Å². The number of nitrogens with one attached hydrogen (secondary N) is 1. The molecule has 0 unspecified atom stereocenters. The van der Waals surface area contributed by atoms with Gasteiger partial charge in [-0.15, -0.1) is 0 Å². The molecule has 0 saturated carbocycles. The van der Waals surface area contributed by atoms with Crippen LogP contribution in [0.3, 0.4) is 0 Å². The number of ether oxygens (including phenoxy) is 1. The predicted octanol–water partition coefficient (Wildman–Crippen LogP) is 6.09. The smallest absolute Gasteiger partial charge is 0.236 e. The summed E-state index contributed by atoms with van der Waals surface area (Å²) in [5.74, 6) is 0.942. The van der Waals surface area contributed by atoms with E-state index in [2.05, 4.69) is 37.2 Å². The van der Waals surface area contributed by atoms with Crippen LogP contribution >= 0.6 is 31.9 Å². The zero-order chi connectivity index (χ0) is 17.4. The third kappa shape index (κ3) is 3.10. The number of carbonyl (C=O) groups excluding carboxylic acids is 1. The van der Waals surface area contributed by atoms with Crippen LogP contribution in [0.1, 0.15) is 17.0 Å². The van der Waals surface area contributed by atoms with E-state index in [0.29, 0.717) is 0 Å². The van der Waals surface area contributed by atoms with Gasteiger partial charge in [-0.25, -0.2) is 0 Å². The van der Waals surface area contributed by atoms with Crippen molar-refractivity contribution in [2.75, 3.05) is 5.32 Å². The van der Waals surface area contributed by atoms with Gasteiger partial charge in [0.25, 0.3) is 0 Å². The minimum atomic E-state index is -0.413. The number of benzene rings is 3. The summed E-state index contributed by atoms with van der Waals surface area (Å²) >= 11 is 6.90. The summed E-state index contributed by atoms with van der Waals surface area (Å²) in [4.78, 5) is 13.1. The zero-order valence-electron chi connectivity index (χ0n) is 13.0. The highest BCUT2D eigenvalue weighted by Gasteiger charge is 2.32. The first-order valence-corrected chi connectivity index (χ1v) is 9.34. The molecule has 3 aromatic carbocycles. The van der Waals surface area contributed by atoms with Gasteiger partial charge >= 0.3 is 0 Å². The number of hydrogen-bond donors (Lipinski definition) is 1. The van der Waals surface area contributed by atoms with E-state index in [-0.39, 0.29) is 5.91 Å². The molecule has 4 rings (SSSR count). The minimum absolute atomic E-state index is 0.0857. The van der Waals surface area contributed by atoms with Gasteiger partial charge in [0.1, 0.15) is 11.5 Å². The number of para-hydroxylation sites is 2. The van der Waals surface area contributed by atoms with Gasteiger partial charge in [0.15, 0.2) is 0 Å². The van der Waals surface area contributed by atoms with E-state index < -0.39 is 5.92 Å². The average Bonchev–Trinajstić information content (AvgIpc) is 2.62. The van der Waals surface area contributed by atoms with E-state index in [0.717, 1.165) is 37.3 Å². The van der Waals surface area contributed by atoms with Gasteiger partial charge in [-0.05, 0) is 62.2 Å². The first-order valence-electron chi connectivity index (χ1n) is 7.75. The van der Waals surface area contributed by atoms with E-state index in [1.54, 1.807) is 0 Å². The number of amides is 1. The maximum Gasteiger partial charge on any atom is 0.236 e. The van der Waals surface area contributed by atoms with Crippen LogP contribution in [0.15, 0.2) is 75.7 Å². The van der Waals surface area contributed by atoms with Crippen molar-refractivity contribution in [1.82, 2.24) is 0 Å². The summed E-state index contributed by atoms with van der Waals surface area (Å²) in [7, 11) is 0. The minimum Gasteiger partial charge on any atom is -0.457 e. The maximum absolute atomic E-state index is 13.1. The second-order valence-electron chi connectivity index (χ2n) is 5.73. The molecule has 1 heterocycles. The summed E-state index contributed by atoms with van der Waals surface area (Å²) in [6, 6.07) is 21.0. The Bertz CT molecular complexity index is 926. The lowest BCUT2D eigenvalue weighted by molar-refractivity contribution is -0.116. The molecule has 3 nitrogen and oxygen atoms in total. The van der Waals surface area contributed by atoms with Gasteiger partial charge < -0.3 is 10.1 Å². The normalized spacial score (nSPS) is 12.7. The molecule has 0 bridgehead atoms. The Kier molecular flexibility index (Phi) is 4.36. The fraction of sp³-hybridized carbons (Fsp3) is 0.0500. The van der Waals surface area contributed by atoms with Crippen molar-refractivity contribution in [3.8, 4) is 11.5 Å². The molecule has 1 N–H and O–H groups in total. The van der Waals surface area contributed by atoms with Gasteiger partial charge in [-0.1, -0.05) is 36.4 Å². The van der Waals surface area contributed by atoms with E-state index in [9.17, 15) is 4.79 Å². The van der Waals surface area contributed by atoms with Crippen LogP contribution in [0.5, 0.6) is 11.5 Å². The second-order valence-corrected chi connectivity index (χ2v) is 7.44. The Hall–Kier alpha value is -2.11. The Morgan fingerprint density at radius 2 is 1.44 bits per heavy atom. The third-order valence-corrected chi connectivity index (χ3v) is 6.01. The fourth-order valence-electron chi connectivity index (χ4n) is 2.98. The Morgan fingerprint density at radius 1 is 0.840 bits per heavy atom. The van der Waals surface area contributed by atoms with Crippen LogP contribution in [-0.2, 0) is 4.79 Å². The number of anilines is 1. The second kappa shape index (κ2) is 6.65. The Morgan fingerprint density at radius 3 is 2.04 bits per heavy atom. The van der Waals surface area contributed by atoms with Crippen LogP contribution in [0.2, 0.25) is 0 Å². The highest BCUT2D eigenvalue weighted by molar-refractivity contribution is 9.13. The zero-order valence-corrected chi connectivity index (χ0v) is 16.2. The summed E-state index contributed by atoms with van der Waals surface area (Å²) in [5, 5.41) is 3.02. The quantitative estimate of drug-likeness (QED) is 0.504. The first-order chi connectivity index (χ1) is 12.1. The van der Waals surface area contributed by atoms with Gasteiger partial charge in [-0.3, -0.25) is 4.79 Å². The molecule has 25 heavy (non-hydrogen) atoms. The summed E-state index contributed by atoms with van der Waals surface area (Å²) < 4.78 is 7.77. The lowest BCUT2D eigenvalue weighted by atomic mass is 9.87. The topological polar surface area (TPSA) is 38.3 Å². The van der Waals surface area contributed by atoms with Crippen molar-refractivity contribution in [2.45, 2.75) is 5.92 Å². The molecule has 1 aliphatic rings. The predicted molar refractivity (Wildman–Crippen MR) is 105 cm³/mol. The molecule has 3 aromatic rings. The lowest BCUT2D eigenvalue weighted by Crippen LogP contribution is -2.25. The molecule has 0 saturated heterocycles. The SMILES string of the molecule is O=C(Nc1ccc(Br)c(Br)c1)C1c2ccccc2Oc2ccccc21. The van der Waals surface area contributed by atoms with Crippen LogP contribution in [0, 0.1) is 0 Å². The molecule has 1 amide bonds. The molecule has 5 heteroatoms. The number of halogens is 2. The summed E-state index contributed by atoms with van der Waals surface area (Å²) in [6.45, 7) is 0. The molecule has 0 aliphatic carbocycles. The highest BCUT2D eigenvalue weighted by atomic mass is 79.9. The van der Waals surface area contributed by atoms with Crippen molar-refractivity contribution >= 4 is 43.5 Å².